The molecule has 1 aliphatic heterocycles. The van der Waals surface area contributed by atoms with E-state index in [1.54, 1.807) is 25.4 Å². The highest BCUT2D eigenvalue weighted by atomic mass is 32.2. The molecule has 1 aliphatic rings. The van der Waals surface area contributed by atoms with Crippen LogP contribution in [0.4, 0.5) is 0 Å². The maximum atomic E-state index is 14.5. The second-order valence-corrected chi connectivity index (χ2v) is 21.4. The van der Waals surface area contributed by atoms with E-state index >= 15 is 0 Å². The fraction of sp³-hybridized carbons (Fsp3) is 0.509. The van der Waals surface area contributed by atoms with Crippen LogP contribution in [0.15, 0.2) is 96.0 Å². The molecule has 0 radical (unpaired) electrons. The molecule has 18 nitrogen and oxygen atoms in total. The normalized spacial score (nSPS) is 15.7. The zero-order valence-corrected chi connectivity index (χ0v) is 43.1. The van der Waals surface area contributed by atoms with E-state index in [0.717, 1.165) is 30.2 Å². The number of Topliss-reactive ketones (excluding diaryl/α,β-unsaturated/α-hetero) is 3. The van der Waals surface area contributed by atoms with Crippen LogP contribution >= 0.6 is 0 Å². The number of hydrogen-bond donors (Lipinski definition) is 4. The van der Waals surface area contributed by atoms with Crippen molar-refractivity contribution in [2.75, 3.05) is 39.5 Å². The minimum absolute atomic E-state index is 0.0103. The van der Waals surface area contributed by atoms with Gasteiger partial charge >= 0.3 is 0 Å². The lowest BCUT2D eigenvalue weighted by Gasteiger charge is -2.30. The van der Waals surface area contributed by atoms with Gasteiger partial charge in [0.25, 0.3) is 16.0 Å². The molecule has 0 bridgehead atoms. The van der Waals surface area contributed by atoms with Gasteiger partial charge in [0.1, 0.15) is 23.7 Å². The average molecular weight is 1010 g/mol. The summed E-state index contributed by atoms with van der Waals surface area (Å²) in [6.45, 7) is 10.2. The summed E-state index contributed by atoms with van der Waals surface area (Å²) < 4.78 is 38.8. The van der Waals surface area contributed by atoms with Crippen LogP contribution in [0.5, 0.6) is 0 Å². The number of nitrogens with zero attached hydrogens (tertiary/aromatic N) is 4. The minimum atomic E-state index is -4.56. The first kappa shape index (κ1) is 56.9. The van der Waals surface area contributed by atoms with Crippen molar-refractivity contribution in [3.8, 4) is 0 Å². The molecule has 0 aliphatic carbocycles. The van der Waals surface area contributed by atoms with Crippen molar-refractivity contribution in [2.24, 2.45) is 30.7 Å². The number of carbonyl (C=O) groups is 6. The fourth-order valence-corrected chi connectivity index (χ4v) is 9.44. The van der Waals surface area contributed by atoms with E-state index in [1.807, 2.05) is 81.1 Å². The number of aryl methyl sites for hydroxylation is 2. The number of aromatic nitrogens is 3. The molecule has 4 N–H and O–H groups in total. The maximum absolute atomic E-state index is 14.5. The number of benzene rings is 3. The Balaban J connectivity index is 1.29. The lowest BCUT2D eigenvalue weighted by Crippen LogP contribution is -2.54. The number of hydrogen-bond acceptors (Lipinski definition) is 14. The summed E-state index contributed by atoms with van der Waals surface area (Å²) in [5.41, 5.74) is 0.0124. The molecule has 0 spiro atoms. The number of ketones is 3. The fourth-order valence-electron chi connectivity index (χ4n) is 8.45. The molecule has 3 amide bonds. The molecule has 5 atom stereocenters. The van der Waals surface area contributed by atoms with Gasteiger partial charge in [-0.15, -0.1) is 5.10 Å². The van der Waals surface area contributed by atoms with Crippen LogP contribution in [0, 0.1) is 23.7 Å². The Labute approximate surface area is 423 Å². The van der Waals surface area contributed by atoms with Gasteiger partial charge in [0, 0.05) is 56.6 Å². The Kier molecular flexibility index (Phi) is 21.5. The van der Waals surface area contributed by atoms with Crippen LogP contribution in [-0.4, -0.2) is 126 Å². The first-order chi connectivity index (χ1) is 34.2. The molecule has 72 heavy (non-hydrogen) atoms. The third-order valence-corrected chi connectivity index (χ3v) is 13.7. The van der Waals surface area contributed by atoms with Crippen LogP contribution in [0.1, 0.15) is 93.9 Å². The molecule has 3 aromatic carbocycles. The second kappa shape index (κ2) is 27.2. The van der Waals surface area contributed by atoms with Crippen molar-refractivity contribution in [3.63, 3.8) is 0 Å². The molecular formula is C53H71N7O11S. The van der Waals surface area contributed by atoms with E-state index in [1.165, 1.54) is 16.8 Å². The molecule has 1 fully saturated rings. The van der Waals surface area contributed by atoms with Crippen LogP contribution in [0.3, 0.4) is 0 Å². The Hall–Kier alpha value is -5.99. The maximum Gasteiger partial charge on any atom is 0.297 e. The summed E-state index contributed by atoms with van der Waals surface area (Å²) in [6, 6.07) is 21.3. The third kappa shape index (κ3) is 18.2. The van der Waals surface area contributed by atoms with Crippen molar-refractivity contribution < 1.29 is 51.2 Å². The van der Waals surface area contributed by atoms with Gasteiger partial charge in [-0.25, -0.2) is 0 Å². The second-order valence-electron chi connectivity index (χ2n) is 19.7. The Morgan fingerprint density at radius 2 is 1.38 bits per heavy atom. The van der Waals surface area contributed by atoms with Gasteiger partial charge in [-0.2, -0.15) is 8.42 Å². The van der Waals surface area contributed by atoms with Gasteiger partial charge in [0.15, 0.2) is 11.6 Å². The number of carbonyl (C=O) groups excluding carboxylic acids is 6. The van der Waals surface area contributed by atoms with Crippen LogP contribution < -0.4 is 16.0 Å². The van der Waals surface area contributed by atoms with Crippen molar-refractivity contribution in [1.82, 2.24) is 35.8 Å². The minimum Gasteiger partial charge on any atom is -0.380 e. The molecule has 0 saturated carbocycles. The van der Waals surface area contributed by atoms with E-state index in [4.69, 9.17) is 8.92 Å². The zero-order chi connectivity index (χ0) is 52.4. The molecule has 1 unspecified atom stereocenters. The number of nitrogens with one attached hydrogen (secondary N) is 3. The monoisotopic (exact) mass is 1010 g/mol. The average Bonchev–Trinajstić information content (AvgIpc) is 3.78. The van der Waals surface area contributed by atoms with Gasteiger partial charge in [-0.3, -0.25) is 42.5 Å². The highest BCUT2D eigenvalue weighted by molar-refractivity contribution is 7.86. The van der Waals surface area contributed by atoms with Gasteiger partial charge in [-0.1, -0.05) is 93.6 Å². The highest BCUT2D eigenvalue weighted by Gasteiger charge is 2.40. The van der Waals surface area contributed by atoms with Crippen molar-refractivity contribution >= 4 is 45.2 Å². The summed E-state index contributed by atoms with van der Waals surface area (Å²) in [5, 5.41) is 27.7. The lowest BCUT2D eigenvalue weighted by molar-refractivity contribution is -0.143. The molecular weight excluding hydrogens is 943 g/mol. The number of morpholine rings is 1. The smallest absolute Gasteiger partial charge is 0.297 e. The van der Waals surface area contributed by atoms with E-state index < -0.39 is 75.5 Å². The summed E-state index contributed by atoms with van der Waals surface area (Å²) >= 11 is 0. The number of aliphatic hydroxyl groups is 1. The Morgan fingerprint density at radius 1 is 0.792 bits per heavy atom. The van der Waals surface area contributed by atoms with E-state index in [2.05, 4.69) is 26.3 Å². The molecule has 4 aromatic rings. The topological polar surface area (TPSA) is 245 Å². The summed E-state index contributed by atoms with van der Waals surface area (Å²) in [6.07, 6.45) is 2.64. The molecule has 19 heteroatoms. The molecule has 1 aromatic heterocycles. The van der Waals surface area contributed by atoms with E-state index in [9.17, 15) is 42.3 Å². The van der Waals surface area contributed by atoms with Crippen LogP contribution in [-0.2, 0) is 69.4 Å². The van der Waals surface area contributed by atoms with Crippen molar-refractivity contribution in [2.45, 2.75) is 109 Å². The standard InChI is InChI=1S/C53H71N7O11S/c1-36(2)27-46(55-51(65)41(18-17-38-13-9-7-10-14-38)30-44(61)34-60-23-25-70-26-24-60)48(62)31-42(29-39-15-11-8-12-16-39)52(66)56-47(28-37(3)4)49(63)53(5,67)35-71-72(68,69)45-21-19-40(20-22-45)50(64)54-32-43-33-59(6)58-57-43/h7-16,19-22,33,36-37,41-42,46-47,67H,17-18,23-32,34-35H2,1-6H3,(H,54,64)(H,55,65)(H,56,66)/t41-,42-,46+,47+,53?/m1/s1. The Morgan fingerprint density at radius 3 is 1.97 bits per heavy atom. The highest BCUT2D eigenvalue weighted by Crippen LogP contribution is 2.23. The lowest BCUT2D eigenvalue weighted by atomic mass is 9.86. The molecule has 2 heterocycles. The van der Waals surface area contributed by atoms with Gasteiger partial charge < -0.3 is 25.8 Å². The van der Waals surface area contributed by atoms with Gasteiger partial charge in [0.05, 0.1) is 43.3 Å². The van der Waals surface area contributed by atoms with E-state index in [-0.39, 0.29) is 73.3 Å². The summed E-state index contributed by atoms with van der Waals surface area (Å²) in [7, 11) is -2.87. The predicted molar refractivity (Wildman–Crippen MR) is 269 cm³/mol. The van der Waals surface area contributed by atoms with Gasteiger partial charge in [0.2, 0.25) is 11.8 Å². The third-order valence-electron chi connectivity index (χ3n) is 12.4. The first-order valence-electron chi connectivity index (χ1n) is 24.6. The summed E-state index contributed by atoms with van der Waals surface area (Å²) in [5.74, 6) is -4.94. The largest absolute Gasteiger partial charge is 0.380 e. The van der Waals surface area contributed by atoms with Crippen molar-refractivity contribution in [1.29, 1.82) is 0 Å². The first-order valence-corrected chi connectivity index (χ1v) is 26.0. The quantitative estimate of drug-likeness (QED) is 0.0558. The Bertz CT molecular complexity index is 2530. The van der Waals surface area contributed by atoms with Crippen LogP contribution in [0.2, 0.25) is 0 Å². The number of rotatable bonds is 29. The van der Waals surface area contributed by atoms with Crippen molar-refractivity contribution in [3.05, 3.63) is 114 Å². The molecule has 390 valence electrons. The molecule has 5 rings (SSSR count). The number of amides is 3. The number of ether oxygens (including phenoxy) is 1. The summed E-state index contributed by atoms with van der Waals surface area (Å²) in [4.78, 5) is 85.3. The molecule has 1 saturated heterocycles. The van der Waals surface area contributed by atoms with Gasteiger partial charge in [-0.05, 0) is 86.3 Å². The van der Waals surface area contributed by atoms with Crippen LogP contribution in [0.25, 0.3) is 0 Å². The SMILES string of the molecule is CC(C)C[C@H](NC(=O)[C@H](CCc1ccccc1)CC(=O)CN1CCOCC1)C(=O)C[C@@H](Cc1ccccc1)C(=O)N[C@@H](CC(C)C)C(=O)C(C)(O)COS(=O)(=O)c1ccc(C(=O)NCc2cn(C)nn2)cc1. The zero-order valence-electron chi connectivity index (χ0n) is 42.3. The van der Waals surface area contributed by atoms with E-state index in [0.29, 0.717) is 44.8 Å². The predicted octanol–water partition coefficient (Wildman–Crippen LogP) is 4.19.